The van der Waals surface area contributed by atoms with E-state index in [0.29, 0.717) is 22.4 Å². The summed E-state index contributed by atoms with van der Waals surface area (Å²) >= 11 is 0. The van der Waals surface area contributed by atoms with Crippen LogP contribution >= 0.6 is 0 Å². The molecule has 7 heteroatoms. The van der Waals surface area contributed by atoms with Gasteiger partial charge in [-0.3, -0.25) is 14.2 Å². The van der Waals surface area contributed by atoms with Gasteiger partial charge in [0.25, 0.3) is 5.91 Å². The Morgan fingerprint density at radius 1 is 1.08 bits per heavy atom. The van der Waals surface area contributed by atoms with Gasteiger partial charge in [0.1, 0.15) is 6.54 Å². The summed E-state index contributed by atoms with van der Waals surface area (Å²) < 4.78 is 6.37. The van der Waals surface area contributed by atoms with Crippen LogP contribution in [0, 0.1) is 0 Å². The highest BCUT2D eigenvalue weighted by Gasteiger charge is 2.13. The van der Waals surface area contributed by atoms with Crippen LogP contribution in [0.15, 0.2) is 57.7 Å². The van der Waals surface area contributed by atoms with Crippen LogP contribution < -0.4 is 11.1 Å². The molecule has 128 valence electrons. The predicted octanol–water partition coefficient (Wildman–Crippen LogP) is 1.93. The van der Waals surface area contributed by atoms with Crippen LogP contribution in [0.5, 0.6) is 0 Å². The van der Waals surface area contributed by atoms with E-state index in [1.54, 1.807) is 62.6 Å². The first-order valence-electron chi connectivity index (χ1n) is 7.65. The van der Waals surface area contributed by atoms with E-state index in [9.17, 15) is 14.4 Å². The Morgan fingerprint density at radius 3 is 2.44 bits per heavy atom. The summed E-state index contributed by atoms with van der Waals surface area (Å²) in [5.74, 6) is -1.06. The van der Waals surface area contributed by atoms with Crippen LogP contribution in [0.1, 0.15) is 10.4 Å². The molecular formula is C18H17N3O4. The van der Waals surface area contributed by atoms with E-state index in [1.807, 2.05) is 0 Å². The number of nitrogens with one attached hydrogen (secondary N) is 1. The summed E-state index contributed by atoms with van der Waals surface area (Å²) in [6, 6.07) is 13.5. The lowest BCUT2D eigenvalue weighted by Gasteiger charge is -2.11. The van der Waals surface area contributed by atoms with E-state index < -0.39 is 5.76 Å². The number of hydrogen-bond donors (Lipinski definition) is 1. The second-order valence-electron chi connectivity index (χ2n) is 5.75. The Balaban J connectivity index is 1.73. The zero-order chi connectivity index (χ0) is 18.0. The van der Waals surface area contributed by atoms with E-state index in [2.05, 4.69) is 5.32 Å². The van der Waals surface area contributed by atoms with Crippen LogP contribution in [0.25, 0.3) is 11.1 Å². The van der Waals surface area contributed by atoms with Crippen molar-refractivity contribution < 1.29 is 14.0 Å². The van der Waals surface area contributed by atoms with Crippen molar-refractivity contribution in [3.8, 4) is 0 Å². The number of nitrogens with zero attached hydrogens (tertiary/aromatic N) is 2. The molecular weight excluding hydrogens is 322 g/mol. The van der Waals surface area contributed by atoms with Crippen molar-refractivity contribution in [1.82, 2.24) is 9.47 Å². The first-order chi connectivity index (χ1) is 12.0. The number of amides is 2. The Hall–Kier alpha value is -3.35. The van der Waals surface area contributed by atoms with Gasteiger partial charge in [-0.2, -0.15) is 0 Å². The Kier molecular flexibility index (Phi) is 4.38. The van der Waals surface area contributed by atoms with Crippen LogP contribution in [0.4, 0.5) is 5.69 Å². The SMILES string of the molecule is CN(C)C(=O)c1ccc(NC(=O)Cn2c(=O)oc3ccccc32)cc1. The van der Waals surface area contributed by atoms with Crippen molar-refractivity contribution in [3.63, 3.8) is 0 Å². The predicted molar refractivity (Wildman–Crippen MR) is 93.6 cm³/mol. The van der Waals surface area contributed by atoms with Crippen molar-refractivity contribution in [1.29, 1.82) is 0 Å². The van der Waals surface area contributed by atoms with Gasteiger partial charge in [0, 0.05) is 25.3 Å². The number of benzene rings is 2. The Labute approximate surface area is 143 Å². The molecule has 0 aliphatic carbocycles. The monoisotopic (exact) mass is 339 g/mol. The second-order valence-corrected chi connectivity index (χ2v) is 5.75. The molecule has 0 radical (unpaired) electrons. The number of rotatable bonds is 4. The summed E-state index contributed by atoms with van der Waals surface area (Å²) in [4.78, 5) is 37.4. The molecule has 1 aromatic heterocycles. The molecule has 0 aliphatic rings. The number of para-hydroxylation sites is 2. The smallest absolute Gasteiger partial charge is 0.408 e. The van der Waals surface area contributed by atoms with Gasteiger partial charge in [-0.15, -0.1) is 0 Å². The number of carbonyl (C=O) groups is 2. The number of fused-ring (bicyclic) bond motifs is 1. The maximum absolute atomic E-state index is 12.2. The summed E-state index contributed by atoms with van der Waals surface area (Å²) in [5.41, 5.74) is 2.07. The van der Waals surface area contributed by atoms with Crippen LogP contribution in [-0.4, -0.2) is 35.4 Å². The molecule has 25 heavy (non-hydrogen) atoms. The molecule has 1 heterocycles. The lowest BCUT2D eigenvalue weighted by molar-refractivity contribution is -0.116. The largest absolute Gasteiger partial charge is 0.420 e. The quantitative estimate of drug-likeness (QED) is 0.787. The van der Waals surface area contributed by atoms with Crippen LogP contribution in [0.2, 0.25) is 0 Å². The molecule has 2 amide bonds. The van der Waals surface area contributed by atoms with Crippen molar-refractivity contribution in [2.24, 2.45) is 0 Å². The molecule has 0 fully saturated rings. The van der Waals surface area contributed by atoms with E-state index in [0.717, 1.165) is 0 Å². The maximum Gasteiger partial charge on any atom is 0.420 e. The summed E-state index contributed by atoms with van der Waals surface area (Å²) in [7, 11) is 3.34. The average molecular weight is 339 g/mol. The molecule has 3 aromatic rings. The fourth-order valence-corrected chi connectivity index (χ4v) is 2.46. The normalized spacial score (nSPS) is 10.6. The zero-order valence-corrected chi connectivity index (χ0v) is 13.9. The number of hydrogen-bond acceptors (Lipinski definition) is 4. The molecule has 0 spiro atoms. The van der Waals surface area contributed by atoms with Gasteiger partial charge in [0.05, 0.1) is 5.52 Å². The van der Waals surface area contributed by atoms with Crippen molar-refractivity contribution in [2.45, 2.75) is 6.54 Å². The number of aromatic nitrogens is 1. The van der Waals surface area contributed by atoms with Gasteiger partial charge in [0.2, 0.25) is 5.91 Å². The Morgan fingerprint density at radius 2 is 1.76 bits per heavy atom. The third kappa shape index (κ3) is 3.45. The van der Waals surface area contributed by atoms with E-state index in [1.165, 1.54) is 9.47 Å². The molecule has 0 unspecified atom stereocenters. The minimum Gasteiger partial charge on any atom is -0.408 e. The lowest BCUT2D eigenvalue weighted by Crippen LogP contribution is -2.25. The minimum absolute atomic E-state index is 0.116. The van der Waals surface area contributed by atoms with Crippen molar-refractivity contribution in [2.75, 3.05) is 19.4 Å². The molecule has 0 bridgehead atoms. The second kappa shape index (κ2) is 6.64. The highest BCUT2D eigenvalue weighted by molar-refractivity contribution is 5.95. The van der Waals surface area contributed by atoms with Gasteiger partial charge < -0.3 is 14.6 Å². The van der Waals surface area contributed by atoms with Crippen molar-refractivity contribution >= 4 is 28.6 Å². The van der Waals surface area contributed by atoms with Gasteiger partial charge >= 0.3 is 5.76 Å². The van der Waals surface area contributed by atoms with Gasteiger partial charge in [-0.1, -0.05) is 12.1 Å². The molecule has 2 aromatic carbocycles. The third-order valence-electron chi connectivity index (χ3n) is 3.70. The standard InChI is InChI=1S/C18H17N3O4/c1-20(2)17(23)12-7-9-13(10-8-12)19-16(22)11-21-14-5-3-4-6-15(14)25-18(21)24/h3-10H,11H2,1-2H3,(H,19,22). The molecule has 0 atom stereocenters. The van der Waals surface area contributed by atoms with E-state index in [4.69, 9.17) is 4.42 Å². The molecule has 0 aliphatic heterocycles. The van der Waals surface area contributed by atoms with Crippen LogP contribution in [0.3, 0.4) is 0 Å². The summed E-state index contributed by atoms with van der Waals surface area (Å²) in [6.45, 7) is -0.159. The highest BCUT2D eigenvalue weighted by Crippen LogP contribution is 2.13. The van der Waals surface area contributed by atoms with Crippen molar-refractivity contribution in [3.05, 3.63) is 64.6 Å². The fourth-order valence-electron chi connectivity index (χ4n) is 2.46. The number of carbonyl (C=O) groups excluding carboxylic acids is 2. The molecule has 0 saturated heterocycles. The highest BCUT2D eigenvalue weighted by atomic mass is 16.4. The summed E-state index contributed by atoms with van der Waals surface area (Å²) in [5, 5.41) is 2.70. The molecule has 0 saturated carbocycles. The zero-order valence-electron chi connectivity index (χ0n) is 13.9. The fraction of sp³-hybridized carbons (Fsp3) is 0.167. The van der Waals surface area contributed by atoms with Gasteiger partial charge in [-0.25, -0.2) is 4.79 Å². The van der Waals surface area contributed by atoms with E-state index >= 15 is 0 Å². The van der Waals surface area contributed by atoms with Gasteiger partial charge in [0.15, 0.2) is 5.58 Å². The minimum atomic E-state index is -0.580. The van der Waals surface area contributed by atoms with Crippen LogP contribution in [-0.2, 0) is 11.3 Å². The van der Waals surface area contributed by atoms with E-state index in [-0.39, 0.29) is 18.4 Å². The average Bonchev–Trinajstić information content (AvgIpc) is 2.90. The summed E-state index contributed by atoms with van der Waals surface area (Å²) in [6.07, 6.45) is 0. The van der Waals surface area contributed by atoms with Gasteiger partial charge in [-0.05, 0) is 36.4 Å². The lowest BCUT2D eigenvalue weighted by atomic mass is 10.2. The molecule has 7 nitrogen and oxygen atoms in total. The number of oxazole rings is 1. The maximum atomic E-state index is 12.2. The topological polar surface area (TPSA) is 84.5 Å². The first kappa shape index (κ1) is 16.5. The Bertz CT molecular complexity index is 983. The molecule has 1 N–H and O–H groups in total. The third-order valence-corrected chi connectivity index (χ3v) is 3.70. The number of anilines is 1. The molecule has 3 rings (SSSR count). The first-order valence-corrected chi connectivity index (χ1v) is 7.65.